The van der Waals surface area contributed by atoms with Crippen LogP contribution in [0.15, 0.2) is 60.7 Å². The first-order valence-corrected chi connectivity index (χ1v) is 9.95. The number of carbonyl (C=O) groups is 1. The highest BCUT2D eigenvalue weighted by Gasteiger charge is 2.26. The predicted molar refractivity (Wildman–Crippen MR) is 112 cm³/mol. The highest BCUT2D eigenvalue weighted by Crippen LogP contribution is 2.33. The molecule has 3 aromatic rings. The second-order valence-corrected chi connectivity index (χ2v) is 7.41. The molecular weight excluding hydrogens is 418 g/mol. The van der Waals surface area contributed by atoms with Crippen LogP contribution in [0.4, 0.5) is 8.78 Å². The molecule has 0 saturated carbocycles. The van der Waals surface area contributed by atoms with Gasteiger partial charge in [0.2, 0.25) is 0 Å². The van der Waals surface area contributed by atoms with Gasteiger partial charge in [-0.3, -0.25) is 4.79 Å². The third-order valence-electron chi connectivity index (χ3n) is 5.06. The van der Waals surface area contributed by atoms with Crippen LogP contribution in [0.1, 0.15) is 29.8 Å². The van der Waals surface area contributed by atoms with Crippen molar-refractivity contribution in [2.75, 3.05) is 0 Å². The molecule has 0 bridgehead atoms. The number of carbonyl (C=O) groups excluding carboxylic acids is 1. The van der Waals surface area contributed by atoms with E-state index in [1.807, 2.05) is 0 Å². The number of tetrazole rings is 1. The van der Waals surface area contributed by atoms with Crippen molar-refractivity contribution in [2.24, 2.45) is 7.05 Å². The minimum atomic E-state index is -0.788. The maximum absolute atomic E-state index is 13.6. The summed E-state index contributed by atoms with van der Waals surface area (Å²) in [4.78, 5) is 11.7. The standard InChI is InChI=1S/C23H20F2N4O3/c1-29-23(26-27-28-29)20(11-10-19-12-18(30)13-21(31)32-19)22(14-2-6-16(24)7-3-14)15-4-8-17(25)9-5-15/h2-11,18-19,30H,12-13H2,1H3/b11-10+/t18-,19?/m1/s1. The summed E-state index contributed by atoms with van der Waals surface area (Å²) in [6.45, 7) is 0. The molecule has 1 aromatic heterocycles. The maximum Gasteiger partial charge on any atom is 0.309 e. The number of allylic oxidation sites excluding steroid dienone is 2. The number of aliphatic hydroxyl groups excluding tert-OH is 1. The molecule has 0 amide bonds. The van der Waals surface area contributed by atoms with Crippen LogP contribution in [0, 0.1) is 11.6 Å². The molecular formula is C23H20F2N4O3. The first-order valence-electron chi connectivity index (χ1n) is 9.95. The van der Waals surface area contributed by atoms with Crippen molar-refractivity contribution in [3.05, 3.63) is 89.3 Å². The summed E-state index contributed by atoms with van der Waals surface area (Å²) in [6, 6.07) is 11.7. The van der Waals surface area contributed by atoms with Crippen molar-refractivity contribution in [3.8, 4) is 0 Å². The molecule has 32 heavy (non-hydrogen) atoms. The fourth-order valence-corrected chi connectivity index (χ4v) is 3.57. The molecule has 9 heteroatoms. The first kappa shape index (κ1) is 21.5. The second-order valence-electron chi connectivity index (χ2n) is 7.41. The van der Waals surface area contributed by atoms with E-state index in [0.29, 0.717) is 28.1 Å². The van der Waals surface area contributed by atoms with E-state index in [9.17, 15) is 18.7 Å². The van der Waals surface area contributed by atoms with Crippen LogP contribution in [-0.2, 0) is 16.6 Å². The lowest BCUT2D eigenvalue weighted by atomic mass is 9.91. The average Bonchev–Trinajstić information content (AvgIpc) is 3.18. The lowest BCUT2D eigenvalue weighted by Gasteiger charge is -2.23. The van der Waals surface area contributed by atoms with Crippen molar-refractivity contribution >= 4 is 17.1 Å². The summed E-state index contributed by atoms with van der Waals surface area (Å²) in [5.41, 5.74) is 2.48. The van der Waals surface area contributed by atoms with Gasteiger partial charge in [-0.15, -0.1) is 5.10 Å². The lowest BCUT2D eigenvalue weighted by Crippen LogP contribution is -2.31. The normalized spacial score (nSPS) is 18.6. The smallest absolute Gasteiger partial charge is 0.309 e. The van der Waals surface area contributed by atoms with Crippen LogP contribution in [0.5, 0.6) is 0 Å². The summed E-state index contributed by atoms with van der Waals surface area (Å²) in [6.07, 6.45) is 2.14. The molecule has 1 fully saturated rings. The Morgan fingerprint density at radius 1 is 1.09 bits per heavy atom. The summed E-state index contributed by atoms with van der Waals surface area (Å²) >= 11 is 0. The number of halogens is 2. The van der Waals surface area contributed by atoms with Crippen molar-refractivity contribution in [1.82, 2.24) is 20.2 Å². The molecule has 0 radical (unpaired) electrons. The fourth-order valence-electron chi connectivity index (χ4n) is 3.57. The Kier molecular flexibility index (Phi) is 6.18. The summed E-state index contributed by atoms with van der Waals surface area (Å²) in [5, 5.41) is 21.6. The van der Waals surface area contributed by atoms with E-state index in [-0.39, 0.29) is 12.8 Å². The van der Waals surface area contributed by atoms with Gasteiger partial charge in [-0.25, -0.2) is 13.5 Å². The number of rotatable bonds is 5. The Morgan fingerprint density at radius 3 is 2.19 bits per heavy atom. The van der Waals surface area contributed by atoms with E-state index < -0.39 is 29.8 Å². The molecule has 2 heterocycles. The average molecular weight is 438 g/mol. The van der Waals surface area contributed by atoms with E-state index in [1.54, 1.807) is 43.5 Å². The molecule has 1 N–H and O–H groups in total. The predicted octanol–water partition coefficient (Wildman–Crippen LogP) is 3.07. The largest absolute Gasteiger partial charge is 0.458 e. The highest BCUT2D eigenvalue weighted by atomic mass is 19.1. The molecule has 1 aliphatic rings. The van der Waals surface area contributed by atoms with Crippen LogP contribution >= 0.6 is 0 Å². The molecule has 1 aliphatic heterocycles. The number of ether oxygens (including phenoxy) is 1. The topological polar surface area (TPSA) is 90.1 Å². The van der Waals surface area contributed by atoms with Gasteiger partial charge in [0.15, 0.2) is 5.82 Å². The van der Waals surface area contributed by atoms with Crippen molar-refractivity contribution < 1.29 is 23.4 Å². The second kappa shape index (κ2) is 9.19. The Balaban J connectivity index is 1.90. The van der Waals surface area contributed by atoms with E-state index in [2.05, 4.69) is 15.5 Å². The van der Waals surface area contributed by atoms with Gasteiger partial charge in [0.25, 0.3) is 0 Å². The molecule has 0 spiro atoms. The number of cyclic esters (lactones) is 1. The third kappa shape index (κ3) is 4.78. The van der Waals surface area contributed by atoms with Gasteiger partial charge in [0.1, 0.15) is 17.7 Å². The van der Waals surface area contributed by atoms with Crippen molar-refractivity contribution in [2.45, 2.75) is 25.0 Å². The molecule has 0 aliphatic carbocycles. The van der Waals surface area contributed by atoms with Gasteiger partial charge in [0, 0.05) is 19.0 Å². The van der Waals surface area contributed by atoms with E-state index in [1.165, 1.54) is 28.9 Å². The Hall–Kier alpha value is -3.72. The van der Waals surface area contributed by atoms with E-state index in [4.69, 9.17) is 4.74 Å². The SMILES string of the molecule is Cn1nnnc1C(/C=C/C1C[C@@H](O)CC(=O)O1)=C(c1ccc(F)cc1)c1ccc(F)cc1. The minimum Gasteiger partial charge on any atom is -0.458 e. The van der Waals surface area contributed by atoms with Gasteiger partial charge in [-0.1, -0.05) is 30.3 Å². The number of aliphatic hydroxyl groups is 1. The summed E-state index contributed by atoms with van der Waals surface area (Å²) in [7, 11) is 1.67. The van der Waals surface area contributed by atoms with Gasteiger partial charge >= 0.3 is 5.97 Å². The van der Waals surface area contributed by atoms with Crippen LogP contribution in [0.25, 0.3) is 11.1 Å². The molecule has 1 saturated heterocycles. The highest BCUT2D eigenvalue weighted by molar-refractivity contribution is 6.00. The Labute approximate surface area is 182 Å². The fraction of sp³-hybridized carbons (Fsp3) is 0.217. The third-order valence-corrected chi connectivity index (χ3v) is 5.06. The zero-order valence-electron chi connectivity index (χ0n) is 17.2. The van der Waals surface area contributed by atoms with E-state index >= 15 is 0 Å². The molecule has 4 rings (SSSR count). The molecule has 1 unspecified atom stereocenters. The van der Waals surface area contributed by atoms with Crippen LogP contribution in [-0.4, -0.2) is 43.5 Å². The summed E-state index contributed by atoms with van der Waals surface area (Å²) < 4.78 is 34.0. The van der Waals surface area contributed by atoms with E-state index in [0.717, 1.165) is 0 Å². The molecule has 2 aromatic carbocycles. The van der Waals surface area contributed by atoms with Crippen LogP contribution < -0.4 is 0 Å². The van der Waals surface area contributed by atoms with Crippen molar-refractivity contribution in [3.63, 3.8) is 0 Å². The van der Waals surface area contributed by atoms with Gasteiger partial charge in [-0.05, 0) is 57.5 Å². The Bertz CT molecular complexity index is 1120. The van der Waals surface area contributed by atoms with Gasteiger partial charge < -0.3 is 9.84 Å². The quantitative estimate of drug-likeness (QED) is 0.487. The number of aromatic nitrogens is 4. The van der Waals surface area contributed by atoms with Gasteiger partial charge in [0.05, 0.1) is 12.5 Å². The monoisotopic (exact) mass is 438 g/mol. The van der Waals surface area contributed by atoms with Crippen molar-refractivity contribution in [1.29, 1.82) is 0 Å². The minimum absolute atomic E-state index is 0.0450. The first-order chi connectivity index (χ1) is 15.4. The number of esters is 1. The number of benzene rings is 2. The number of hydrogen-bond acceptors (Lipinski definition) is 6. The molecule has 164 valence electrons. The zero-order chi connectivity index (χ0) is 22.7. The number of nitrogens with zero attached hydrogens (tertiary/aromatic N) is 4. The number of aryl methyl sites for hydroxylation is 1. The molecule has 7 nitrogen and oxygen atoms in total. The zero-order valence-corrected chi connectivity index (χ0v) is 17.2. The lowest BCUT2D eigenvalue weighted by molar-refractivity contribution is -0.156. The Morgan fingerprint density at radius 2 is 1.69 bits per heavy atom. The van der Waals surface area contributed by atoms with Crippen LogP contribution in [0.2, 0.25) is 0 Å². The number of hydrogen-bond donors (Lipinski definition) is 1. The molecule has 2 atom stereocenters. The van der Waals surface area contributed by atoms with Crippen LogP contribution in [0.3, 0.4) is 0 Å². The maximum atomic E-state index is 13.6. The van der Waals surface area contributed by atoms with Gasteiger partial charge in [-0.2, -0.15) is 0 Å². The summed E-state index contributed by atoms with van der Waals surface area (Å²) in [5.74, 6) is -0.880.